The lowest BCUT2D eigenvalue weighted by molar-refractivity contribution is -0.143. The van der Waals surface area contributed by atoms with Gasteiger partial charge in [0.15, 0.2) is 5.78 Å². The topological polar surface area (TPSA) is 119 Å². The number of ketones is 1. The van der Waals surface area contributed by atoms with Gasteiger partial charge in [-0.15, -0.1) is 0 Å². The number of anilines is 1. The minimum absolute atomic E-state index is 0.0147. The predicted molar refractivity (Wildman–Crippen MR) is 185 cm³/mol. The van der Waals surface area contributed by atoms with Crippen LogP contribution in [0.2, 0.25) is 0 Å². The zero-order valence-corrected chi connectivity index (χ0v) is 27.5. The van der Waals surface area contributed by atoms with Gasteiger partial charge in [-0.2, -0.15) is 0 Å². The van der Waals surface area contributed by atoms with Crippen LogP contribution in [0.5, 0.6) is 0 Å². The molecule has 1 fully saturated rings. The number of hydrogen-bond donors (Lipinski definition) is 3. The molecule has 2 amide bonds. The summed E-state index contributed by atoms with van der Waals surface area (Å²) in [4.78, 5) is 57.8. The summed E-state index contributed by atoms with van der Waals surface area (Å²) < 4.78 is 0. The van der Waals surface area contributed by atoms with Gasteiger partial charge in [0.1, 0.15) is 17.9 Å². The summed E-state index contributed by atoms with van der Waals surface area (Å²) in [6.45, 7) is 2.48. The Morgan fingerprint density at radius 2 is 1.60 bits per heavy atom. The molecule has 252 valence electrons. The molecule has 2 aliphatic heterocycles. The molecule has 2 heterocycles. The summed E-state index contributed by atoms with van der Waals surface area (Å²) in [7, 11) is 0. The minimum atomic E-state index is -1.24. The lowest BCUT2D eigenvalue weighted by Crippen LogP contribution is -2.62. The van der Waals surface area contributed by atoms with Crippen LogP contribution < -0.4 is 10.6 Å². The first kappa shape index (κ1) is 33.6. The molecule has 48 heavy (non-hydrogen) atoms. The van der Waals surface area contributed by atoms with Crippen molar-refractivity contribution in [3.8, 4) is 0 Å². The number of nitrogens with zero attached hydrogens (tertiary/aromatic N) is 2. The van der Waals surface area contributed by atoms with Crippen LogP contribution in [-0.2, 0) is 40.2 Å². The van der Waals surface area contributed by atoms with Crippen molar-refractivity contribution >= 4 is 29.6 Å². The van der Waals surface area contributed by atoms with Gasteiger partial charge in [0.05, 0.1) is 6.10 Å². The fourth-order valence-electron chi connectivity index (χ4n) is 7.25. The molecule has 1 saturated heterocycles. The summed E-state index contributed by atoms with van der Waals surface area (Å²) in [5, 5.41) is 16.6. The molecule has 1 aliphatic carbocycles. The Balaban J connectivity index is 1.20. The molecule has 0 unspecified atom stereocenters. The molecule has 3 aromatic carbocycles. The van der Waals surface area contributed by atoms with E-state index in [1.54, 1.807) is 29.2 Å². The van der Waals surface area contributed by atoms with E-state index in [4.69, 9.17) is 0 Å². The first-order valence-corrected chi connectivity index (χ1v) is 17.3. The van der Waals surface area contributed by atoms with Crippen molar-refractivity contribution in [2.45, 2.75) is 82.0 Å². The maximum Gasteiger partial charge on any atom is 0.244 e. The number of rotatable bonds is 13. The van der Waals surface area contributed by atoms with E-state index in [-0.39, 0.29) is 49.6 Å². The smallest absolute Gasteiger partial charge is 0.244 e. The third kappa shape index (κ3) is 8.02. The highest BCUT2D eigenvalue weighted by Gasteiger charge is 2.40. The molecule has 0 radical (unpaired) electrons. The quantitative estimate of drug-likeness (QED) is 0.188. The molecule has 0 bridgehead atoms. The first-order chi connectivity index (χ1) is 23.3. The number of carbonyl (C=O) groups excluding carboxylic acids is 4. The average Bonchev–Trinajstić information content (AvgIpc) is 3.60. The second-order valence-electron chi connectivity index (χ2n) is 13.6. The van der Waals surface area contributed by atoms with Gasteiger partial charge >= 0.3 is 0 Å². The van der Waals surface area contributed by atoms with E-state index in [0.29, 0.717) is 37.8 Å². The molecule has 3 aromatic rings. The molecule has 0 aromatic heterocycles. The third-order valence-electron chi connectivity index (χ3n) is 10.3. The van der Waals surface area contributed by atoms with Crippen molar-refractivity contribution in [1.29, 1.82) is 0 Å². The van der Waals surface area contributed by atoms with Gasteiger partial charge in [0.2, 0.25) is 11.8 Å². The van der Waals surface area contributed by atoms with Gasteiger partial charge in [0, 0.05) is 63.2 Å². The number of fused-ring (bicyclic) bond motifs is 2. The zero-order chi connectivity index (χ0) is 33.5. The number of carbonyl (C=O) groups is 4. The molecule has 0 spiro atoms. The summed E-state index contributed by atoms with van der Waals surface area (Å²) in [5.74, 6) is -0.775. The monoisotopic (exact) mass is 650 g/mol. The molecular formula is C39H46N4O5. The van der Waals surface area contributed by atoms with E-state index in [2.05, 4.69) is 27.7 Å². The molecule has 9 heteroatoms. The van der Waals surface area contributed by atoms with Crippen molar-refractivity contribution in [1.82, 2.24) is 15.1 Å². The van der Waals surface area contributed by atoms with Crippen molar-refractivity contribution < 1.29 is 24.3 Å². The Kier molecular flexibility index (Phi) is 10.7. The summed E-state index contributed by atoms with van der Waals surface area (Å²) in [6.07, 6.45) is 5.86. The number of Topliss-reactive ketones (excluding diaryl/α,β-unsaturated/α-hetero) is 1. The van der Waals surface area contributed by atoms with Crippen LogP contribution in [0.1, 0.15) is 71.1 Å². The molecular weight excluding hydrogens is 604 g/mol. The Morgan fingerprint density at radius 3 is 2.38 bits per heavy atom. The van der Waals surface area contributed by atoms with Crippen molar-refractivity contribution in [2.24, 2.45) is 0 Å². The number of benzene rings is 3. The maximum absolute atomic E-state index is 14.3. The number of likely N-dealkylation sites (tertiary alicyclic amines) is 1. The van der Waals surface area contributed by atoms with Gasteiger partial charge < -0.3 is 30.3 Å². The van der Waals surface area contributed by atoms with Gasteiger partial charge in [-0.25, -0.2) is 0 Å². The number of nitrogens with one attached hydrogen (secondary N) is 2. The highest BCUT2D eigenvalue weighted by Crippen LogP contribution is 2.28. The number of hydrogen-bond acceptors (Lipinski definition) is 7. The zero-order valence-electron chi connectivity index (χ0n) is 27.5. The van der Waals surface area contributed by atoms with Crippen molar-refractivity contribution in [3.63, 3.8) is 0 Å². The SMILES string of the molecule is O=C[C@@](CCN1CCC(O)CC1)(CNc1ccc2c(c1)CCC2)NC(=O)[C@@H]1Cc2ccccc2CN1C(=O)CCC(=O)c1ccccc1. The van der Waals surface area contributed by atoms with Crippen LogP contribution in [0.15, 0.2) is 72.8 Å². The number of piperidine rings is 1. The number of aliphatic hydroxyl groups excluding tert-OH is 1. The van der Waals surface area contributed by atoms with Gasteiger partial charge in [0.25, 0.3) is 0 Å². The highest BCUT2D eigenvalue weighted by molar-refractivity contribution is 5.98. The summed E-state index contributed by atoms with van der Waals surface area (Å²) in [6, 6.07) is 22.2. The van der Waals surface area contributed by atoms with Crippen LogP contribution in [0.25, 0.3) is 0 Å². The number of aryl methyl sites for hydroxylation is 2. The van der Waals surface area contributed by atoms with E-state index in [0.717, 1.165) is 55.5 Å². The number of amides is 2. The van der Waals surface area contributed by atoms with Crippen LogP contribution in [0.4, 0.5) is 5.69 Å². The molecule has 0 saturated carbocycles. The standard InChI is InChI=1S/C39H46N4O5/c44-27-39(19-22-42-20-17-34(45)18-21-42,26-40-33-14-13-28-11-6-12-30(28)23-33)41-38(48)35-24-31-9-4-5-10-32(31)25-43(35)37(47)16-15-36(46)29-7-2-1-3-8-29/h1-5,7-10,13-14,23,27,34-35,40,45H,6,11-12,15-22,24-26H2,(H,41,48)/t35-,39+/m0/s1. The minimum Gasteiger partial charge on any atom is -0.393 e. The predicted octanol–water partition coefficient (Wildman–Crippen LogP) is 4.10. The van der Waals surface area contributed by atoms with Gasteiger partial charge in [-0.3, -0.25) is 14.4 Å². The number of aldehydes is 1. The van der Waals surface area contributed by atoms with E-state index < -0.39 is 11.6 Å². The lowest BCUT2D eigenvalue weighted by Gasteiger charge is -2.39. The molecule has 3 N–H and O–H groups in total. The van der Waals surface area contributed by atoms with Crippen LogP contribution in [0.3, 0.4) is 0 Å². The van der Waals surface area contributed by atoms with E-state index >= 15 is 0 Å². The molecule has 9 nitrogen and oxygen atoms in total. The van der Waals surface area contributed by atoms with Crippen LogP contribution >= 0.6 is 0 Å². The Morgan fingerprint density at radius 1 is 0.875 bits per heavy atom. The Labute approximate surface area is 282 Å². The van der Waals surface area contributed by atoms with Crippen molar-refractivity contribution in [3.05, 3.63) is 101 Å². The second-order valence-corrected chi connectivity index (χ2v) is 13.6. The van der Waals surface area contributed by atoms with Gasteiger partial charge in [-0.05, 0) is 72.9 Å². The van der Waals surface area contributed by atoms with E-state index in [9.17, 15) is 24.3 Å². The highest BCUT2D eigenvalue weighted by atomic mass is 16.3. The lowest BCUT2D eigenvalue weighted by atomic mass is 9.90. The second kappa shape index (κ2) is 15.3. The first-order valence-electron chi connectivity index (χ1n) is 17.3. The average molecular weight is 651 g/mol. The van der Waals surface area contributed by atoms with E-state index in [1.807, 2.05) is 36.4 Å². The summed E-state index contributed by atoms with van der Waals surface area (Å²) >= 11 is 0. The van der Waals surface area contributed by atoms with Crippen molar-refractivity contribution in [2.75, 3.05) is 31.5 Å². The van der Waals surface area contributed by atoms with Gasteiger partial charge in [-0.1, -0.05) is 60.7 Å². The fourth-order valence-corrected chi connectivity index (χ4v) is 7.25. The third-order valence-corrected chi connectivity index (χ3v) is 10.3. The normalized spacial score (nSPS) is 19.1. The summed E-state index contributed by atoms with van der Waals surface area (Å²) in [5.41, 5.74) is 4.85. The number of aliphatic hydroxyl groups is 1. The molecule has 6 rings (SSSR count). The van der Waals surface area contributed by atoms with Crippen LogP contribution in [0, 0.1) is 0 Å². The van der Waals surface area contributed by atoms with E-state index in [1.165, 1.54) is 11.1 Å². The Hall–Kier alpha value is -4.34. The Bertz CT molecular complexity index is 1620. The molecule has 3 aliphatic rings. The largest absolute Gasteiger partial charge is 0.393 e. The van der Waals surface area contributed by atoms with Crippen LogP contribution in [-0.4, -0.2) is 82.7 Å². The molecule has 2 atom stereocenters. The fraction of sp³-hybridized carbons (Fsp3) is 0.436. The maximum atomic E-state index is 14.3.